The number of Topliss-reactive ketones (excluding diaryl/α,β-unsaturated/α-hetero) is 1. The van der Waals surface area contributed by atoms with Gasteiger partial charge >= 0.3 is 5.97 Å². The van der Waals surface area contributed by atoms with Gasteiger partial charge in [0.05, 0.1) is 18.4 Å². The van der Waals surface area contributed by atoms with E-state index >= 15 is 0 Å². The first-order chi connectivity index (χ1) is 13.0. The molecule has 1 aromatic carbocycles. The van der Waals surface area contributed by atoms with E-state index in [-0.39, 0.29) is 11.8 Å². The molecule has 2 aromatic heterocycles. The highest BCUT2D eigenvalue weighted by Crippen LogP contribution is 2.24. The summed E-state index contributed by atoms with van der Waals surface area (Å²) < 4.78 is 6.71. The molecule has 27 heavy (non-hydrogen) atoms. The number of esters is 1. The number of rotatable bonds is 7. The Balaban J connectivity index is 1.62. The molecule has 0 fully saturated rings. The van der Waals surface area contributed by atoms with E-state index in [9.17, 15) is 9.59 Å². The zero-order chi connectivity index (χ0) is 19.4. The highest BCUT2D eigenvalue weighted by Gasteiger charge is 2.17. The van der Waals surface area contributed by atoms with Crippen LogP contribution in [0.1, 0.15) is 37.7 Å². The van der Waals surface area contributed by atoms with Crippen LogP contribution >= 0.6 is 23.1 Å². The summed E-state index contributed by atoms with van der Waals surface area (Å²) in [5.74, 6) is 0.876. The average molecular weight is 401 g/mol. The summed E-state index contributed by atoms with van der Waals surface area (Å²) in [5.41, 5.74) is 4.27. The number of hydrogen-bond acceptors (Lipinski definition) is 6. The van der Waals surface area contributed by atoms with E-state index in [4.69, 9.17) is 4.74 Å². The normalized spacial score (nSPS) is 10.8. The Morgan fingerprint density at radius 2 is 1.96 bits per heavy atom. The number of hydrogen-bond donors (Lipinski definition) is 0. The third-order valence-corrected chi connectivity index (χ3v) is 5.98. The van der Waals surface area contributed by atoms with Gasteiger partial charge in [-0.2, -0.15) is 0 Å². The largest absolute Gasteiger partial charge is 0.465 e. The molecule has 0 unspecified atom stereocenters. The molecule has 0 spiro atoms. The van der Waals surface area contributed by atoms with Crippen molar-refractivity contribution in [3.63, 3.8) is 0 Å². The molecule has 0 radical (unpaired) electrons. The van der Waals surface area contributed by atoms with E-state index in [0.29, 0.717) is 17.1 Å². The summed E-state index contributed by atoms with van der Waals surface area (Å²) >= 11 is 3.11. The van der Waals surface area contributed by atoms with E-state index in [1.54, 1.807) is 41.4 Å². The summed E-state index contributed by atoms with van der Waals surface area (Å²) in [5, 5.41) is 2.80. The minimum absolute atomic E-state index is 0.113. The number of thiazole rings is 1. The molecule has 0 saturated carbocycles. The van der Waals surface area contributed by atoms with Crippen LogP contribution in [0.4, 0.5) is 0 Å². The van der Waals surface area contributed by atoms with Crippen LogP contribution in [0.3, 0.4) is 0 Å². The van der Waals surface area contributed by atoms with E-state index in [2.05, 4.69) is 4.98 Å². The lowest BCUT2D eigenvalue weighted by Gasteiger charge is -2.06. The topological polar surface area (TPSA) is 61.2 Å². The van der Waals surface area contributed by atoms with Gasteiger partial charge in [-0.1, -0.05) is 12.1 Å². The second-order valence-corrected chi connectivity index (χ2v) is 7.90. The zero-order valence-electron chi connectivity index (χ0n) is 15.4. The van der Waals surface area contributed by atoms with Crippen molar-refractivity contribution in [1.29, 1.82) is 0 Å². The Kier molecular flexibility index (Phi) is 6.13. The number of ketones is 1. The van der Waals surface area contributed by atoms with Gasteiger partial charge in [0.1, 0.15) is 0 Å². The number of carbonyl (C=O) groups excluding carboxylic acids is 2. The molecule has 7 heteroatoms. The van der Waals surface area contributed by atoms with Gasteiger partial charge in [0, 0.05) is 34.3 Å². The molecule has 0 atom stereocenters. The molecule has 3 rings (SSSR count). The van der Waals surface area contributed by atoms with Crippen molar-refractivity contribution < 1.29 is 14.3 Å². The van der Waals surface area contributed by atoms with Gasteiger partial charge in [0.15, 0.2) is 10.9 Å². The summed E-state index contributed by atoms with van der Waals surface area (Å²) in [4.78, 5) is 28.5. The van der Waals surface area contributed by atoms with Gasteiger partial charge in [-0.25, -0.2) is 9.78 Å². The first-order valence-electron chi connectivity index (χ1n) is 8.38. The Morgan fingerprint density at radius 3 is 2.59 bits per heavy atom. The predicted octanol–water partition coefficient (Wildman–Crippen LogP) is 4.45. The van der Waals surface area contributed by atoms with Gasteiger partial charge in [0.25, 0.3) is 0 Å². The summed E-state index contributed by atoms with van der Waals surface area (Å²) in [7, 11) is 1.36. The average Bonchev–Trinajstić information content (AvgIpc) is 3.29. The molecular formula is C20H20N2O3S2. The summed E-state index contributed by atoms with van der Waals surface area (Å²) in [6.45, 7) is 3.94. The fourth-order valence-corrected chi connectivity index (χ4v) is 4.48. The van der Waals surface area contributed by atoms with Gasteiger partial charge in [-0.15, -0.1) is 23.1 Å². The van der Waals surface area contributed by atoms with Crippen molar-refractivity contribution >= 4 is 34.9 Å². The number of ether oxygens (including phenoxy) is 1. The maximum atomic E-state index is 12.7. The van der Waals surface area contributed by atoms with Crippen LogP contribution in [0.25, 0.3) is 5.13 Å². The maximum Gasteiger partial charge on any atom is 0.337 e. The molecule has 0 aliphatic heterocycles. The molecule has 0 aliphatic carbocycles. The van der Waals surface area contributed by atoms with Crippen LogP contribution in [0.15, 0.2) is 41.9 Å². The molecule has 0 N–H and O–H groups in total. The maximum absolute atomic E-state index is 12.7. The number of aromatic nitrogens is 2. The monoisotopic (exact) mass is 400 g/mol. The fraction of sp³-hybridized carbons (Fsp3) is 0.250. The molecule has 0 amide bonds. The number of thioether (sulfide) groups is 1. The number of nitrogens with zero attached hydrogens (tertiary/aromatic N) is 2. The van der Waals surface area contributed by atoms with Gasteiger partial charge in [0.2, 0.25) is 0 Å². The summed E-state index contributed by atoms with van der Waals surface area (Å²) in [6.07, 6.45) is 1.77. The lowest BCUT2D eigenvalue weighted by atomic mass is 10.1. The number of carbonyl (C=O) groups is 2. The minimum atomic E-state index is -0.347. The molecule has 5 nitrogen and oxygen atoms in total. The van der Waals surface area contributed by atoms with Gasteiger partial charge in [-0.05, 0) is 37.6 Å². The second-order valence-electron chi connectivity index (χ2n) is 6.04. The lowest BCUT2D eigenvalue weighted by Crippen LogP contribution is -2.05. The zero-order valence-corrected chi connectivity index (χ0v) is 17.0. The molecular weight excluding hydrogens is 380 g/mol. The first-order valence-corrected chi connectivity index (χ1v) is 10.4. The number of methoxy groups -OCH3 is 1. The number of benzene rings is 1. The smallest absolute Gasteiger partial charge is 0.337 e. The van der Waals surface area contributed by atoms with Crippen LogP contribution in [-0.2, 0) is 10.5 Å². The van der Waals surface area contributed by atoms with Crippen LogP contribution < -0.4 is 0 Å². The van der Waals surface area contributed by atoms with E-state index in [0.717, 1.165) is 27.6 Å². The van der Waals surface area contributed by atoms with Crippen molar-refractivity contribution in [2.75, 3.05) is 12.9 Å². The Morgan fingerprint density at radius 1 is 1.22 bits per heavy atom. The molecule has 2 heterocycles. The Labute approximate surface area is 166 Å². The Hall–Kier alpha value is -2.38. The van der Waals surface area contributed by atoms with Crippen molar-refractivity contribution in [2.45, 2.75) is 19.6 Å². The second kappa shape index (κ2) is 8.54. The highest BCUT2D eigenvalue weighted by molar-refractivity contribution is 7.99. The third-order valence-electron chi connectivity index (χ3n) is 4.22. The lowest BCUT2D eigenvalue weighted by molar-refractivity contribution is 0.0600. The van der Waals surface area contributed by atoms with E-state index in [1.807, 2.05) is 42.0 Å². The van der Waals surface area contributed by atoms with Crippen molar-refractivity contribution in [1.82, 2.24) is 9.55 Å². The number of aryl methyl sites for hydroxylation is 1. The molecule has 140 valence electrons. The van der Waals surface area contributed by atoms with Crippen LogP contribution in [0, 0.1) is 13.8 Å². The fourth-order valence-electron chi connectivity index (χ4n) is 2.86. The molecule has 0 aliphatic rings. The SMILES string of the molecule is COC(=O)c1ccc(CSCC(=O)c2cc(C)n(-c3nccs3)c2C)cc1. The molecule has 0 bridgehead atoms. The minimum Gasteiger partial charge on any atom is -0.465 e. The van der Waals surface area contributed by atoms with Gasteiger partial charge < -0.3 is 4.74 Å². The van der Waals surface area contributed by atoms with Crippen LogP contribution in [0.5, 0.6) is 0 Å². The van der Waals surface area contributed by atoms with E-state index in [1.165, 1.54) is 7.11 Å². The van der Waals surface area contributed by atoms with Crippen molar-refractivity contribution in [3.8, 4) is 5.13 Å². The Bertz CT molecular complexity index is 945. The van der Waals surface area contributed by atoms with Crippen molar-refractivity contribution in [2.24, 2.45) is 0 Å². The van der Waals surface area contributed by atoms with Crippen molar-refractivity contribution in [3.05, 3.63) is 70.0 Å². The standard InChI is InChI=1S/C20H20N2O3S2/c1-13-10-17(14(2)22(13)20-21-8-9-27-20)18(23)12-26-11-15-4-6-16(7-5-15)19(24)25-3/h4-10H,11-12H2,1-3H3. The molecule has 3 aromatic rings. The van der Waals surface area contributed by atoms with Gasteiger partial charge in [-0.3, -0.25) is 9.36 Å². The molecule has 0 saturated heterocycles. The van der Waals surface area contributed by atoms with Crippen LogP contribution in [0.2, 0.25) is 0 Å². The predicted molar refractivity (Wildman–Crippen MR) is 109 cm³/mol. The van der Waals surface area contributed by atoms with E-state index < -0.39 is 0 Å². The third kappa shape index (κ3) is 4.31. The van der Waals surface area contributed by atoms with Crippen LogP contribution in [-0.4, -0.2) is 34.2 Å². The summed E-state index contributed by atoms with van der Waals surface area (Å²) in [6, 6.07) is 9.19. The highest BCUT2D eigenvalue weighted by atomic mass is 32.2. The first kappa shape index (κ1) is 19.4. The quantitative estimate of drug-likeness (QED) is 0.433.